The van der Waals surface area contributed by atoms with Crippen LogP contribution in [0.5, 0.6) is 0 Å². The third kappa shape index (κ3) is 4.77. The van der Waals surface area contributed by atoms with Crippen molar-refractivity contribution in [2.45, 2.75) is 64.0 Å². The van der Waals surface area contributed by atoms with Crippen molar-refractivity contribution in [2.24, 2.45) is 11.7 Å². The second-order valence-electron chi connectivity index (χ2n) is 6.50. The fraction of sp³-hybridized carbons (Fsp3) is 0.933. The van der Waals surface area contributed by atoms with Crippen LogP contribution in [-0.4, -0.2) is 43.0 Å². The maximum absolute atomic E-state index is 12.1. The van der Waals surface area contributed by atoms with Crippen LogP contribution in [0.2, 0.25) is 0 Å². The third-order valence-electron chi connectivity index (χ3n) is 4.57. The first-order valence-corrected chi connectivity index (χ1v) is 7.58. The largest absolute Gasteiger partial charge is 0.354 e. The monoisotopic (exact) mass is 269 g/mol. The van der Waals surface area contributed by atoms with E-state index >= 15 is 0 Å². The molecule has 1 aliphatic rings. The summed E-state index contributed by atoms with van der Waals surface area (Å²) in [5.41, 5.74) is 5.93. The van der Waals surface area contributed by atoms with Crippen LogP contribution in [0, 0.1) is 5.92 Å². The summed E-state index contributed by atoms with van der Waals surface area (Å²) in [6.45, 7) is 4.82. The second-order valence-corrected chi connectivity index (χ2v) is 6.50. The van der Waals surface area contributed by atoms with Crippen molar-refractivity contribution in [1.29, 1.82) is 0 Å². The SMILES string of the molecule is CC(N)CCCC(C)C(=O)NCC1(N(C)C)CCC1. The van der Waals surface area contributed by atoms with Gasteiger partial charge >= 0.3 is 0 Å². The predicted octanol–water partition coefficient (Wildman–Crippen LogP) is 1.74. The highest BCUT2D eigenvalue weighted by molar-refractivity contribution is 5.78. The molecule has 2 atom stereocenters. The van der Waals surface area contributed by atoms with Gasteiger partial charge in [0, 0.05) is 24.0 Å². The lowest BCUT2D eigenvalue weighted by molar-refractivity contribution is -0.125. The van der Waals surface area contributed by atoms with E-state index in [1.165, 1.54) is 19.3 Å². The van der Waals surface area contributed by atoms with Crippen molar-refractivity contribution in [3.63, 3.8) is 0 Å². The summed E-state index contributed by atoms with van der Waals surface area (Å²) in [6.07, 6.45) is 6.63. The van der Waals surface area contributed by atoms with Gasteiger partial charge in [0.15, 0.2) is 0 Å². The fourth-order valence-electron chi connectivity index (χ4n) is 2.67. The Kier molecular flexibility index (Phi) is 6.27. The van der Waals surface area contributed by atoms with Crippen LogP contribution in [0.4, 0.5) is 0 Å². The highest BCUT2D eigenvalue weighted by Crippen LogP contribution is 2.35. The third-order valence-corrected chi connectivity index (χ3v) is 4.57. The van der Waals surface area contributed by atoms with Crippen molar-refractivity contribution in [1.82, 2.24) is 10.2 Å². The van der Waals surface area contributed by atoms with E-state index in [1.807, 2.05) is 13.8 Å². The molecule has 0 radical (unpaired) electrons. The lowest BCUT2D eigenvalue weighted by atomic mass is 9.75. The maximum atomic E-state index is 12.1. The number of hydrogen-bond donors (Lipinski definition) is 2. The number of nitrogens with zero attached hydrogens (tertiary/aromatic N) is 1. The summed E-state index contributed by atoms with van der Waals surface area (Å²) in [4.78, 5) is 14.3. The van der Waals surface area contributed by atoms with E-state index in [1.54, 1.807) is 0 Å². The van der Waals surface area contributed by atoms with Gasteiger partial charge in [-0.2, -0.15) is 0 Å². The molecule has 0 aromatic carbocycles. The summed E-state index contributed by atoms with van der Waals surface area (Å²) in [5.74, 6) is 0.288. The number of carbonyl (C=O) groups is 1. The zero-order chi connectivity index (χ0) is 14.5. The highest BCUT2D eigenvalue weighted by atomic mass is 16.1. The molecule has 1 saturated carbocycles. The first kappa shape index (κ1) is 16.4. The quantitative estimate of drug-likeness (QED) is 0.705. The van der Waals surface area contributed by atoms with Gasteiger partial charge < -0.3 is 16.0 Å². The average molecular weight is 269 g/mol. The van der Waals surface area contributed by atoms with Crippen LogP contribution < -0.4 is 11.1 Å². The summed E-state index contributed by atoms with van der Waals surface area (Å²) in [6, 6.07) is 0.238. The van der Waals surface area contributed by atoms with Gasteiger partial charge in [0.05, 0.1) is 0 Å². The van der Waals surface area contributed by atoms with Crippen molar-refractivity contribution < 1.29 is 4.79 Å². The number of hydrogen-bond acceptors (Lipinski definition) is 3. The Balaban J connectivity index is 2.26. The molecule has 4 heteroatoms. The molecule has 2 unspecified atom stereocenters. The number of nitrogens with one attached hydrogen (secondary N) is 1. The van der Waals surface area contributed by atoms with E-state index in [4.69, 9.17) is 5.73 Å². The minimum Gasteiger partial charge on any atom is -0.354 e. The lowest BCUT2D eigenvalue weighted by Gasteiger charge is -2.47. The van der Waals surface area contributed by atoms with Gasteiger partial charge in [-0.25, -0.2) is 0 Å². The Labute approximate surface area is 118 Å². The molecule has 0 aromatic rings. The molecular formula is C15H31N3O. The van der Waals surface area contributed by atoms with Gasteiger partial charge in [0.2, 0.25) is 5.91 Å². The average Bonchev–Trinajstić information content (AvgIpc) is 2.25. The molecule has 0 saturated heterocycles. The second kappa shape index (κ2) is 7.25. The minimum absolute atomic E-state index is 0.0954. The number of carbonyl (C=O) groups excluding carboxylic acids is 1. The lowest BCUT2D eigenvalue weighted by Crippen LogP contribution is -2.57. The molecule has 3 N–H and O–H groups in total. The molecule has 0 aliphatic heterocycles. The molecule has 0 heterocycles. The number of rotatable bonds is 8. The van der Waals surface area contributed by atoms with Gasteiger partial charge in [-0.3, -0.25) is 4.79 Å². The number of amides is 1. The molecule has 1 fully saturated rings. The topological polar surface area (TPSA) is 58.4 Å². The van der Waals surface area contributed by atoms with Crippen molar-refractivity contribution >= 4 is 5.91 Å². The molecule has 19 heavy (non-hydrogen) atoms. The van der Waals surface area contributed by atoms with E-state index < -0.39 is 0 Å². The molecule has 0 aromatic heterocycles. The maximum Gasteiger partial charge on any atom is 0.222 e. The van der Waals surface area contributed by atoms with Crippen LogP contribution in [0.15, 0.2) is 0 Å². The van der Waals surface area contributed by atoms with Crippen LogP contribution in [0.3, 0.4) is 0 Å². The number of likely N-dealkylation sites (N-methyl/N-ethyl adjacent to an activating group) is 1. The van der Waals surface area contributed by atoms with Gasteiger partial charge in [-0.05, 0) is 53.1 Å². The van der Waals surface area contributed by atoms with Crippen LogP contribution in [0.25, 0.3) is 0 Å². The Hall–Kier alpha value is -0.610. The summed E-state index contributed by atoms with van der Waals surface area (Å²) < 4.78 is 0. The molecule has 4 nitrogen and oxygen atoms in total. The van der Waals surface area contributed by atoms with Crippen molar-refractivity contribution in [3.8, 4) is 0 Å². The van der Waals surface area contributed by atoms with Crippen LogP contribution >= 0.6 is 0 Å². The first-order chi connectivity index (χ1) is 8.87. The van der Waals surface area contributed by atoms with Gasteiger partial charge in [0.1, 0.15) is 0 Å². The van der Waals surface area contributed by atoms with E-state index in [0.717, 1.165) is 25.8 Å². The number of nitrogens with two attached hydrogens (primary N) is 1. The van der Waals surface area contributed by atoms with Crippen LogP contribution in [-0.2, 0) is 4.79 Å². The van der Waals surface area contributed by atoms with E-state index in [-0.39, 0.29) is 23.4 Å². The smallest absolute Gasteiger partial charge is 0.222 e. The van der Waals surface area contributed by atoms with Crippen LogP contribution in [0.1, 0.15) is 52.4 Å². The minimum atomic E-state index is 0.0954. The molecule has 0 spiro atoms. The summed E-state index contributed by atoms with van der Waals surface area (Å²) in [5, 5.41) is 3.13. The van der Waals surface area contributed by atoms with E-state index in [0.29, 0.717) is 0 Å². The van der Waals surface area contributed by atoms with Crippen molar-refractivity contribution in [3.05, 3.63) is 0 Å². The molecular weight excluding hydrogens is 238 g/mol. The zero-order valence-corrected chi connectivity index (χ0v) is 13.0. The van der Waals surface area contributed by atoms with Gasteiger partial charge in [-0.15, -0.1) is 0 Å². The zero-order valence-electron chi connectivity index (χ0n) is 13.0. The molecule has 112 valence electrons. The fourth-order valence-corrected chi connectivity index (χ4v) is 2.67. The van der Waals surface area contributed by atoms with Gasteiger partial charge in [0.25, 0.3) is 0 Å². The van der Waals surface area contributed by atoms with E-state index in [9.17, 15) is 4.79 Å². The highest BCUT2D eigenvalue weighted by Gasteiger charge is 2.39. The summed E-state index contributed by atoms with van der Waals surface area (Å²) in [7, 11) is 4.22. The molecule has 1 amide bonds. The summed E-state index contributed by atoms with van der Waals surface area (Å²) >= 11 is 0. The Morgan fingerprint density at radius 1 is 1.32 bits per heavy atom. The molecule has 0 bridgehead atoms. The van der Waals surface area contributed by atoms with E-state index in [2.05, 4.69) is 24.3 Å². The first-order valence-electron chi connectivity index (χ1n) is 7.58. The standard InChI is InChI=1S/C15H31N3O/c1-12(7-5-8-13(2)16)14(19)17-11-15(18(3)4)9-6-10-15/h12-13H,5-11,16H2,1-4H3,(H,17,19). The van der Waals surface area contributed by atoms with Gasteiger partial charge in [-0.1, -0.05) is 13.3 Å². The Morgan fingerprint density at radius 3 is 2.37 bits per heavy atom. The molecule has 1 rings (SSSR count). The Morgan fingerprint density at radius 2 is 1.95 bits per heavy atom. The normalized spacial score (nSPS) is 20.7. The van der Waals surface area contributed by atoms with Crippen molar-refractivity contribution in [2.75, 3.05) is 20.6 Å². The Bertz CT molecular complexity index is 285. The molecule has 1 aliphatic carbocycles. The predicted molar refractivity (Wildman–Crippen MR) is 79.9 cm³/mol.